The van der Waals surface area contributed by atoms with Crippen LogP contribution >= 0.6 is 0 Å². The number of likely N-dealkylation sites (tertiary alicyclic amines) is 1. The minimum Gasteiger partial charge on any atom is -0.480 e. The molecule has 1 amide bonds. The van der Waals surface area contributed by atoms with Gasteiger partial charge in [-0.25, -0.2) is 4.79 Å². The van der Waals surface area contributed by atoms with Gasteiger partial charge in [-0.15, -0.1) is 0 Å². The maximum Gasteiger partial charge on any atom is 0.326 e. The summed E-state index contributed by atoms with van der Waals surface area (Å²) >= 11 is 0. The molecule has 0 unspecified atom stereocenters. The molecule has 0 bridgehead atoms. The van der Waals surface area contributed by atoms with Crippen molar-refractivity contribution in [1.82, 2.24) is 4.90 Å². The fourth-order valence-corrected chi connectivity index (χ4v) is 1.87. The number of carboxylic acids is 1. The third kappa shape index (κ3) is 1.61. The van der Waals surface area contributed by atoms with Crippen molar-refractivity contribution in [3.8, 4) is 0 Å². The van der Waals surface area contributed by atoms with Crippen LogP contribution in [0.1, 0.15) is 27.7 Å². The molecule has 0 saturated carbocycles. The molecule has 0 spiro atoms. The van der Waals surface area contributed by atoms with E-state index in [9.17, 15) is 9.59 Å². The van der Waals surface area contributed by atoms with Crippen molar-refractivity contribution in [3.05, 3.63) is 0 Å². The molecule has 1 aliphatic rings. The second kappa shape index (κ2) is 3.26. The van der Waals surface area contributed by atoms with Crippen molar-refractivity contribution in [2.45, 2.75) is 33.7 Å². The van der Waals surface area contributed by atoms with Gasteiger partial charge in [-0.3, -0.25) is 4.79 Å². The van der Waals surface area contributed by atoms with Gasteiger partial charge in [-0.05, 0) is 19.8 Å². The number of carbonyl (C=O) groups is 2. The molecule has 0 aliphatic carbocycles. The van der Waals surface area contributed by atoms with Gasteiger partial charge in [0.05, 0.1) is 5.41 Å². The molecule has 4 heteroatoms. The summed E-state index contributed by atoms with van der Waals surface area (Å²) in [4.78, 5) is 24.0. The zero-order valence-corrected chi connectivity index (χ0v) is 9.07. The van der Waals surface area contributed by atoms with Crippen molar-refractivity contribution in [2.75, 3.05) is 6.54 Å². The molecular weight excluding hydrogens is 182 g/mol. The molecule has 14 heavy (non-hydrogen) atoms. The lowest BCUT2D eigenvalue weighted by molar-refractivity contribution is -0.171. The normalized spacial score (nSPS) is 22.1. The second-order valence-corrected chi connectivity index (χ2v) is 4.84. The Balaban J connectivity index is 2.75. The van der Waals surface area contributed by atoms with Crippen molar-refractivity contribution in [1.29, 1.82) is 0 Å². The van der Waals surface area contributed by atoms with Crippen LogP contribution in [0.5, 0.6) is 0 Å². The fourth-order valence-electron chi connectivity index (χ4n) is 1.87. The summed E-state index contributed by atoms with van der Waals surface area (Å²) in [6, 6.07) is -0.671. The number of carboxylic acid groups (broad SMARTS) is 1. The van der Waals surface area contributed by atoms with Crippen LogP contribution in [0.15, 0.2) is 0 Å². The van der Waals surface area contributed by atoms with Gasteiger partial charge < -0.3 is 10.0 Å². The molecule has 0 aromatic carbocycles. The summed E-state index contributed by atoms with van der Waals surface area (Å²) in [5, 5.41) is 8.97. The zero-order chi connectivity index (χ0) is 11.1. The van der Waals surface area contributed by atoms with Gasteiger partial charge in [0, 0.05) is 6.54 Å². The average Bonchev–Trinajstić information content (AvgIpc) is 2.01. The predicted octanol–water partition coefficient (Wildman–Crippen LogP) is 0.964. The summed E-state index contributed by atoms with van der Waals surface area (Å²) < 4.78 is 0. The molecule has 1 N–H and O–H groups in total. The summed E-state index contributed by atoms with van der Waals surface area (Å²) in [5.74, 6) is -1.02. The molecule has 0 radical (unpaired) electrons. The first-order valence-electron chi connectivity index (χ1n) is 4.81. The average molecular weight is 199 g/mol. The first-order valence-corrected chi connectivity index (χ1v) is 4.81. The van der Waals surface area contributed by atoms with Crippen molar-refractivity contribution < 1.29 is 14.7 Å². The molecule has 1 aliphatic heterocycles. The van der Waals surface area contributed by atoms with Crippen LogP contribution in [0.2, 0.25) is 0 Å². The van der Waals surface area contributed by atoms with Gasteiger partial charge in [0.15, 0.2) is 0 Å². The second-order valence-electron chi connectivity index (χ2n) is 4.84. The Bertz CT molecular complexity index is 271. The van der Waals surface area contributed by atoms with Gasteiger partial charge in [0.2, 0.25) is 5.91 Å². The highest BCUT2D eigenvalue weighted by Gasteiger charge is 2.49. The van der Waals surface area contributed by atoms with Crippen LogP contribution in [0, 0.1) is 11.3 Å². The lowest BCUT2D eigenvalue weighted by atomic mass is 9.80. The highest BCUT2D eigenvalue weighted by molar-refractivity contribution is 5.92. The van der Waals surface area contributed by atoms with E-state index < -0.39 is 12.0 Å². The number of carbonyl (C=O) groups excluding carboxylic acids is 1. The first kappa shape index (κ1) is 11.0. The Morgan fingerprint density at radius 2 is 2.00 bits per heavy atom. The number of aliphatic carboxylic acids is 1. The third-order valence-electron chi connectivity index (χ3n) is 2.63. The van der Waals surface area contributed by atoms with Gasteiger partial charge in [-0.2, -0.15) is 0 Å². The van der Waals surface area contributed by atoms with E-state index in [-0.39, 0.29) is 17.2 Å². The topological polar surface area (TPSA) is 57.6 Å². The predicted molar refractivity (Wildman–Crippen MR) is 51.8 cm³/mol. The van der Waals surface area contributed by atoms with Crippen LogP contribution in [0.3, 0.4) is 0 Å². The molecule has 0 aromatic heterocycles. The zero-order valence-electron chi connectivity index (χ0n) is 9.07. The summed E-state index contributed by atoms with van der Waals surface area (Å²) in [5.41, 5.74) is -0.372. The third-order valence-corrected chi connectivity index (χ3v) is 2.63. The minimum atomic E-state index is -0.913. The smallest absolute Gasteiger partial charge is 0.326 e. The van der Waals surface area contributed by atoms with Crippen molar-refractivity contribution in [3.63, 3.8) is 0 Å². The molecule has 1 fully saturated rings. The highest BCUT2D eigenvalue weighted by atomic mass is 16.4. The molecule has 1 saturated heterocycles. The van der Waals surface area contributed by atoms with Crippen LogP contribution < -0.4 is 0 Å². The fraction of sp³-hybridized carbons (Fsp3) is 0.800. The monoisotopic (exact) mass is 199 g/mol. The Hall–Kier alpha value is -1.06. The van der Waals surface area contributed by atoms with Crippen LogP contribution in [-0.2, 0) is 9.59 Å². The van der Waals surface area contributed by atoms with E-state index in [0.29, 0.717) is 6.54 Å². The quantitative estimate of drug-likeness (QED) is 0.689. The molecular formula is C10H17NO3. The molecule has 4 nitrogen and oxygen atoms in total. The summed E-state index contributed by atoms with van der Waals surface area (Å²) in [6.45, 7) is 7.85. The van der Waals surface area contributed by atoms with Gasteiger partial charge in [-0.1, -0.05) is 13.8 Å². The SMILES string of the molecule is CC(C)[C@@H](C(=O)O)N1CC(C)(C)C1=O. The molecule has 1 atom stereocenters. The number of hydrogen-bond donors (Lipinski definition) is 1. The van der Waals surface area contributed by atoms with E-state index in [1.165, 1.54) is 4.90 Å². The molecule has 80 valence electrons. The van der Waals surface area contributed by atoms with Crippen molar-refractivity contribution in [2.24, 2.45) is 11.3 Å². The number of hydrogen-bond acceptors (Lipinski definition) is 2. The van der Waals surface area contributed by atoms with E-state index in [2.05, 4.69) is 0 Å². The maximum atomic E-state index is 11.6. The number of β-lactam (4-membered cyclic amide) rings is 1. The number of rotatable bonds is 3. The van der Waals surface area contributed by atoms with Gasteiger partial charge in [0.25, 0.3) is 0 Å². The Morgan fingerprint density at radius 1 is 1.50 bits per heavy atom. The Morgan fingerprint density at radius 3 is 2.21 bits per heavy atom. The van der Waals surface area contributed by atoms with Gasteiger partial charge >= 0.3 is 5.97 Å². The summed E-state index contributed by atoms with van der Waals surface area (Å²) in [7, 11) is 0. The number of nitrogens with zero attached hydrogens (tertiary/aromatic N) is 1. The Kier molecular flexibility index (Phi) is 2.56. The largest absolute Gasteiger partial charge is 0.480 e. The van der Waals surface area contributed by atoms with Crippen molar-refractivity contribution >= 4 is 11.9 Å². The van der Waals surface area contributed by atoms with E-state index in [4.69, 9.17) is 5.11 Å². The highest BCUT2D eigenvalue weighted by Crippen LogP contribution is 2.34. The molecule has 1 rings (SSSR count). The van der Waals surface area contributed by atoms with Crippen LogP contribution in [0.4, 0.5) is 0 Å². The van der Waals surface area contributed by atoms with E-state index in [1.807, 2.05) is 27.7 Å². The van der Waals surface area contributed by atoms with Crippen LogP contribution in [0.25, 0.3) is 0 Å². The lowest BCUT2D eigenvalue weighted by Gasteiger charge is -2.48. The molecule has 0 aromatic rings. The van der Waals surface area contributed by atoms with E-state index in [1.54, 1.807) is 0 Å². The van der Waals surface area contributed by atoms with E-state index in [0.717, 1.165) is 0 Å². The van der Waals surface area contributed by atoms with Gasteiger partial charge in [0.1, 0.15) is 6.04 Å². The molecule has 1 heterocycles. The minimum absolute atomic E-state index is 0.0486. The summed E-state index contributed by atoms with van der Waals surface area (Å²) in [6.07, 6.45) is 0. The number of amides is 1. The van der Waals surface area contributed by atoms with E-state index >= 15 is 0 Å². The Labute approximate surface area is 83.9 Å². The first-order chi connectivity index (χ1) is 6.27. The maximum absolute atomic E-state index is 11.6. The lowest BCUT2D eigenvalue weighted by Crippen LogP contribution is -2.64. The van der Waals surface area contributed by atoms with Crippen LogP contribution in [-0.4, -0.2) is 34.5 Å². The standard InChI is InChI=1S/C10H17NO3/c1-6(2)7(8(12)13)11-5-10(3,4)9(11)14/h6-7H,5H2,1-4H3,(H,12,13)/t7-/m0/s1.